The molecule has 0 bridgehead atoms. The minimum Gasteiger partial charge on any atom is -0.348 e. The van der Waals surface area contributed by atoms with Crippen molar-refractivity contribution in [3.63, 3.8) is 0 Å². The molecule has 3 nitrogen and oxygen atoms in total. The molecule has 2 aliphatic heterocycles. The van der Waals surface area contributed by atoms with Crippen LogP contribution in [0.5, 0.6) is 0 Å². The summed E-state index contributed by atoms with van der Waals surface area (Å²) in [4.78, 5) is 8.91. The number of rotatable bonds is 3. The second-order valence-corrected chi connectivity index (χ2v) is 6.41. The van der Waals surface area contributed by atoms with Gasteiger partial charge in [-0.3, -0.25) is 0 Å². The molecule has 0 radical (unpaired) electrons. The lowest BCUT2D eigenvalue weighted by Gasteiger charge is -2.09. The first-order valence-electron chi connectivity index (χ1n) is 7.93. The van der Waals surface area contributed by atoms with E-state index < -0.39 is 0 Å². The first-order chi connectivity index (χ1) is 12.1. The monoisotopic (exact) mass is 351 g/mol. The van der Waals surface area contributed by atoms with Gasteiger partial charge in [-0.1, -0.05) is 35.9 Å². The number of nitrogens with zero attached hydrogens (tertiary/aromatic N) is 3. The van der Waals surface area contributed by atoms with Crippen LogP contribution in [0.3, 0.4) is 0 Å². The fraction of sp³-hybridized carbons (Fsp3) is 0.100. The van der Waals surface area contributed by atoms with Gasteiger partial charge in [-0.15, -0.1) is 0 Å². The highest BCUT2D eigenvalue weighted by Gasteiger charge is 2.15. The summed E-state index contributed by atoms with van der Waals surface area (Å²) >= 11 is 6.19. The Balaban J connectivity index is 1.68. The van der Waals surface area contributed by atoms with E-state index in [1.807, 2.05) is 42.1 Å². The number of halogens is 2. The van der Waals surface area contributed by atoms with Gasteiger partial charge in [0.1, 0.15) is 11.5 Å². The van der Waals surface area contributed by atoms with Gasteiger partial charge in [-0.05, 0) is 42.3 Å². The second kappa shape index (κ2) is 6.30. The zero-order valence-corrected chi connectivity index (χ0v) is 14.3. The van der Waals surface area contributed by atoms with Gasteiger partial charge in [0.15, 0.2) is 5.82 Å². The minimum absolute atomic E-state index is 0.319. The minimum atomic E-state index is -0.319. The van der Waals surface area contributed by atoms with E-state index in [0.29, 0.717) is 17.9 Å². The molecule has 0 unspecified atom stereocenters. The molecule has 0 saturated carbocycles. The fourth-order valence-corrected chi connectivity index (χ4v) is 2.96. The highest BCUT2D eigenvalue weighted by molar-refractivity contribution is 6.31. The van der Waals surface area contributed by atoms with Crippen LogP contribution in [-0.4, -0.2) is 14.5 Å². The van der Waals surface area contributed by atoms with Crippen LogP contribution < -0.4 is 0 Å². The first-order valence-corrected chi connectivity index (χ1v) is 8.31. The Labute approximate surface area is 150 Å². The van der Waals surface area contributed by atoms with Gasteiger partial charge in [0.05, 0.1) is 11.3 Å². The molecular formula is C20H15ClFN3. The van der Waals surface area contributed by atoms with Gasteiger partial charge in [0.25, 0.3) is 0 Å². The van der Waals surface area contributed by atoms with Crippen molar-refractivity contribution < 1.29 is 4.39 Å². The fourth-order valence-electron chi connectivity index (χ4n) is 2.76. The van der Waals surface area contributed by atoms with Crippen molar-refractivity contribution in [3.8, 4) is 22.8 Å². The van der Waals surface area contributed by atoms with Crippen LogP contribution >= 0.6 is 11.6 Å². The molecule has 2 aromatic carbocycles. The zero-order valence-electron chi connectivity index (χ0n) is 13.6. The van der Waals surface area contributed by atoms with Crippen molar-refractivity contribution in [2.24, 2.45) is 0 Å². The Hall–Kier alpha value is -2.72. The summed E-state index contributed by atoms with van der Waals surface area (Å²) in [7, 11) is 0. The predicted molar refractivity (Wildman–Crippen MR) is 97.3 cm³/mol. The molecule has 2 aliphatic rings. The van der Waals surface area contributed by atoms with Gasteiger partial charge in [0.2, 0.25) is 0 Å². The predicted octanol–water partition coefficient (Wildman–Crippen LogP) is 5.20. The normalized spacial score (nSPS) is 11.2. The Morgan fingerprint density at radius 3 is 2.64 bits per heavy atom. The lowest BCUT2D eigenvalue weighted by Crippen LogP contribution is -2.01. The van der Waals surface area contributed by atoms with Crippen LogP contribution in [0.15, 0.2) is 60.9 Å². The number of hydrogen-bond donors (Lipinski definition) is 0. The third kappa shape index (κ3) is 3.13. The molecule has 0 amide bonds. The van der Waals surface area contributed by atoms with Gasteiger partial charge in [0, 0.05) is 24.0 Å². The van der Waals surface area contributed by atoms with E-state index in [4.69, 9.17) is 11.6 Å². The van der Waals surface area contributed by atoms with E-state index in [1.165, 1.54) is 6.07 Å². The smallest absolute Gasteiger partial charge is 0.163 e. The van der Waals surface area contributed by atoms with E-state index in [-0.39, 0.29) is 5.82 Å². The van der Waals surface area contributed by atoms with Crippen LogP contribution in [0.2, 0.25) is 5.02 Å². The summed E-state index contributed by atoms with van der Waals surface area (Å²) < 4.78 is 16.0. The van der Waals surface area contributed by atoms with Crippen molar-refractivity contribution in [2.45, 2.75) is 13.5 Å². The van der Waals surface area contributed by atoms with Crippen LogP contribution in [-0.2, 0) is 6.54 Å². The largest absolute Gasteiger partial charge is 0.348 e. The highest BCUT2D eigenvalue weighted by atomic mass is 35.5. The summed E-state index contributed by atoms with van der Waals surface area (Å²) in [5.74, 6) is 0.0872. The quantitative estimate of drug-likeness (QED) is 0.508. The Morgan fingerprint density at radius 2 is 1.84 bits per heavy atom. The molecule has 0 fully saturated rings. The number of imidazole rings is 1. The average molecular weight is 352 g/mol. The van der Waals surface area contributed by atoms with E-state index >= 15 is 0 Å². The molecule has 0 atom stereocenters. The Bertz CT molecular complexity index is 1030. The zero-order chi connectivity index (χ0) is 17.4. The van der Waals surface area contributed by atoms with Crippen LogP contribution in [0.25, 0.3) is 22.8 Å². The summed E-state index contributed by atoms with van der Waals surface area (Å²) in [5.41, 5.74) is 4.06. The van der Waals surface area contributed by atoms with E-state index in [0.717, 1.165) is 27.5 Å². The summed E-state index contributed by atoms with van der Waals surface area (Å²) in [6, 6.07) is 14.5. The molecule has 25 heavy (non-hydrogen) atoms. The van der Waals surface area contributed by atoms with E-state index in [9.17, 15) is 4.39 Å². The summed E-state index contributed by atoms with van der Waals surface area (Å²) in [5, 5.41) is 0.758. The molecule has 0 N–H and O–H groups in total. The average Bonchev–Trinajstić information content (AvgIpc) is 3.01. The number of pyridine rings is 1. The van der Waals surface area contributed by atoms with Crippen LogP contribution in [0.4, 0.5) is 4.39 Å². The maximum absolute atomic E-state index is 13.9. The number of hydrogen-bond acceptors (Lipinski definition) is 2. The summed E-state index contributed by atoms with van der Waals surface area (Å²) in [6.45, 7) is 2.66. The van der Waals surface area contributed by atoms with Crippen molar-refractivity contribution >= 4 is 11.6 Å². The summed E-state index contributed by atoms with van der Waals surface area (Å²) in [6.07, 6.45) is 3.86. The maximum Gasteiger partial charge on any atom is 0.163 e. The first kappa shape index (κ1) is 15.8. The molecule has 0 aromatic heterocycles. The van der Waals surface area contributed by atoms with Crippen molar-refractivity contribution in [1.29, 1.82) is 0 Å². The highest BCUT2D eigenvalue weighted by Crippen LogP contribution is 2.26. The molecule has 4 rings (SSSR count). The van der Waals surface area contributed by atoms with Crippen LogP contribution in [0.1, 0.15) is 11.1 Å². The molecular weight excluding hydrogens is 337 g/mol. The number of aryl methyl sites for hydroxylation is 1. The SMILES string of the molecule is Cc1ccc(Cn2ccc3nc(-c4ccccc4F)nc-3c2)cc1Cl. The standard InChI is InChI=1S/C20H15ClFN3/c1-13-6-7-14(10-16(13)21)11-25-9-8-18-19(12-25)24-20(23-18)15-4-2-3-5-17(15)22/h2-10,12H,11H2,1H3. The third-order valence-electron chi connectivity index (χ3n) is 4.14. The molecule has 124 valence electrons. The van der Waals surface area contributed by atoms with Crippen molar-refractivity contribution in [1.82, 2.24) is 14.5 Å². The lowest BCUT2D eigenvalue weighted by molar-refractivity contribution is 0.630. The molecule has 2 aromatic rings. The number of aromatic nitrogens is 3. The topological polar surface area (TPSA) is 30.7 Å². The van der Waals surface area contributed by atoms with Crippen LogP contribution in [0, 0.1) is 12.7 Å². The van der Waals surface area contributed by atoms with Crippen molar-refractivity contribution in [3.05, 3.63) is 82.9 Å². The van der Waals surface area contributed by atoms with Gasteiger partial charge in [-0.25, -0.2) is 14.4 Å². The van der Waals surface area contributed by atoms with Crippen molar-refractivity contribution in [2.75, 3.05) is 0 Å². The Kier molecular flexibility index (Phi) is 3.98. The van der Waals surface area contributed by atoms with E-state index in [1.54, 1.807) is 18.2 Å². The molecule has 0 saturated heterocycles. The molecule has 0 spiro atoms. The Morgan fingerprint density at radius 1 is 1.04 bits per heavy atom. The molecule has 0 aliphatic carbocycles. The van der Waals surface area contributed by atoms with Gasteiger partial charge < -0.3 is 4.57 Å². The molecule has 2 heterocycles. The molecule has 5 heteroatoms. The third-order valence-corrected chi connectivity index (χ3v) is 4.55. The van der Waals surface area contributed by atoms with E-state index in [2.05, 4.69) is 16.0 Å². The van der Waals surface area contributed by atoms with Gasteiger partial charge in [-0.2, -0.15) is 0 Å². The second-order valence-electron chi connectivity index (χ2n) is 6.00. The maximum atomic E-state index is 13.9. The number of fused-ring (bicyclic) bond motifs is 1. The van der Waals surface area contributed by atoms with Gasteiger partial charge >= 0.3 is 0 Å². The number of benzene rings is 2. The lowest BCUT2D eigenvalue weighted by atomic mass is 10.1.